The van der Waals surface area contributed by atoms with Crippen molar-refractivity contribution in [1.29, 1.82) is 0 Å². The largest absolute Gasteiger partial charge is 0.361 e. The standard InChI is InChI=1S/C13H14FN2/c14-9-5-6-13(15-7-9)11-8-16-12-4-2-1-3-10(11)12/h1-5,8-9,13,15-16H,6-7H2. The molecule has 3 heteroatoms. The number of alkyl halides is 1. The van der Waals surface area contributed by atoms with Crippen molar-refractivity contribution in [3.05, 3.63) is 42.4 Å². The Morgan fingerprint density at radius 3 is 2.94 bits per heavy atom. The van der Waals surface area contributed by atoms with E-state index in [1.165, 1.54) is 10.9 Å². The van der Waals surface area contributed by atoms with Crippen molar-refractivity contribution in [2.75, 3.05) is 6.54 Å². The SMILES string of the molecule is FC1[CH]CC(c2c[nH]c3ccccc23)NC1. The average Bonchev–Trinajstić information content (AvgIpc) is 2.74. The molecule has 2 aromatic rings. The molecule has 83 valence electrons. The number of benzene rings is 1. The Labute approximate surface area is 93.9 Å². The zero-order chi connectivity index (χ0) is 11.0. The van der Waals surface area contributed by atoms with E-state index in [1.54, 1.807) is 6.42 Å². The number of piperidine rings is 1. The minimum Gasteiger partial charge on any atom is -0.361 e. The zero-order valence-electron chi connectivity index (χ0n) is 8.91. The third kappa shape index (κ3) is 1.61. The molecule has 0 spiro atoms. The van der Waals surface area contributed by atoms with Gasteiger partial charge in [0.2, 0.25) is 0 Å². The van der Waals surface area contributed by atoms with Crippen LogP contribution in [-0.2, 0) is 0 Å². The molecule has 0 saturated carbocycles. The van der Waals surface area contributed by atoms with Gasteiger partial charge in [-0.25, -0.2) is 4.39 Å². The summed E-state index contributed by atoms with van der Waals surface area (Å²) in [6.45, 7) is 0.421. The van der Waals surface area contributed by atoms with Crippen LogP contribution in [0.2, 0.25) is 0 Å². The van der Waals surface area contributed by atoms with Crippen LogP contribution in [0.4, 0.5) is 4.39 Å². The van der Waals surface area contributed by atoms with E-state index in [1.807, 2.05) is 18.3 Å². The third-order valence-electron chi connectivity index (χ3n) is 3.18. The predicted octanol–water partition coefficient (Wildman–Crippen LogP) is 2.74. The molecule has 3 rings (SSSR count). The van der Waals surface area contributed by atoms with Gasteiger partial charge in [0.05, 0.1) is 0 Å². The lowest BCUT2D eigenvalue weighted by Gasteiger charge is -2.25. The fourth-order valence-corrected chi connectivity index (χ4v) is 2.32. The fourth-order valence-electron chi connectivity index (χ4n) is 2.32. The maximum atomic E-state index is 13.0. The van der Waals surface area contributed by atoms with Gasteiger partial charge in [-0.1, -0.05) is 18.2 Å². The van der Waals surface area contributed by atoms with Crippen LogP contribution in [0.1, 0.15) is 18.0 Å². The van der Waals surface area contributed by atoms with Crippen LogP contribution in [0.25, 0.3) is 10.9 Å². The van der Waals surface area contributed by atoms with Gasteiger partial charge in [0, 0.05) is 29.7 Å². The summed E-state index contributed by atoms with van der Waals surface area (Å²) in [4.78, 5) is 3.25. The van der Waals surface area contributed by atoms with Crippen LogP contribution in [0.3, 0.4) is 0 Å². The minimum absolute atomic E-state index is 0.239. The lowest BCUT2D eigenvalue weighted by Crippen LogP contribution is -2.34. The molecule has 2 heterocycles. The maximum absolute atomic E-state index is 13.0. The van der Waals surface area contributed by atoms with Gasteiger partial charge in [-0.15, -0.1) is 0 Å². The molecular weight excluding hydrogens is 203 g/mol. The second-order valence-corrected chi connectivity index (χ2v) is 4.24. The number of aromatic nitrogens is 1. The molecule has 0 aliphatic carbocycles. The first kappa shape index (κ1) is 9.85. The number of H-pyrrole nitrogens is 1. The Balaban J connectivity index is 1.94. The highest BCUT2D eigenvalue weighted by molar-refractivity contribution is 5.83. The highest BCUT2D eigenvalue weighted by atomic mass is 19.1. The normalized spacial score (nSPS) is 26.1. The van der Waals surface area contributed by atoms with Crippen molar-refractivity contribution < 1.29 is 4.39 Å². The Kier molecular flexibility index (Phi) is 2.40. The van der Waals surface area contributed by atoms with E-state index in [4.69, 9.17) is 0 Å². The summed E-state index contributed by atoms with van der Waals surface area (Å²) in [6, 6.07) is 8.45. The number of fused-ring (bicyclic) bond motifs is 1. The third-order valence-corrected chi connectivity index (χ3v) is 3.18. The Hall–Kier alpha value is -1.35. The number of hydrogen-bond donors (Lipinski definition) is 2. The smallest absolute Gasteiger partial charge is 0.116 e. The van der Waals surface area contributed by atoms with Crippen LogP contribution in [0, 0.1) is 6.42 Å². The molecule has 1 aliphatic heterocycles. The predicted molar refractivity (Wildman–Crippen MR) is 62.9 cm³/mol. The Morgan fingerprint density at radius 1 is 1.25 bits per heavy atom. The van der Waals surface area contributed by atoms with Crippen LogP contribution in [-0.4, -0.2) is 17.7 Å². The molecule has 2 atom stereocenters. The molecule has 16 heavy (non-hydrogen) atoms. The van der Waals surface area contributed by atoms with Crippen molar-refractivity contribution >= 4 is 10.9 Å². The van der Waals surface area contributed by atoms with Crippen molar-refractivity contribution in [1.82, 2.24) is 10.3 Å². The summed E-state index contributed by atoms with van der Waals surface area (Å²) in [5, 5.41) is 4.46. The van der Waals surface area contributed by atoms with E-state index in [9.17, 15) is 4.39 Å². The molecule has 2 N–H and O–H groups in total. The number of para-hydroxylation sites is 1. The fraction of sp³-hybridized carbons (Fsp3) is 0.308. The first-order valence-electron chi connectivity index (χ1n) is 5.61. The van der Waals surface area contributed by atoms with Gasteiger partial charge in [0.15, 0.2) is 0 Å². The second-order valence-electron chi connectivity index (χ2n) is 4.24. The number of halogens is 1. The lowest BCUT2D eigenvalue weighted by atomic mass is 9.96. The van der Waals surface area contributed by atoms with Crippen LogP contribution in [0.5, 0.6) is 0 Å². The Morgan fingerprint density at radius 2 is 2.12 bits per heavy atom. The summed E-state index contributed by atoms with van der Waals surface area (Å²) < 4.78 is 13.0. The second kappa shape index (κ2) is 3.91. The molecule has 2 unspecified atom stereocenters. The molecule has 1 aromatic carbocycles. The topological polar surface area (TPSA) is 27.8 Å². The maximum Gasteiger partial charge on any atom is 0.116 e. The van der Waals surface area contributed by atoms with Gasteiger partial charge in [0.25, 0.3) is 0 Å². The summed E-state index contributed by atoms with van der Waals surface area (Å²) in [7, 11) is 0. The summed E-state index contributed by atoms with van der Waals surface area (Å²) in [5.74, 6) is 0. The molecule has 0 amide bonds. The van der Waals surface area contributed by atoms with Crippen LogP contribution < -0.4 is 5.32 Å². The summed E-state index contributed by atoms with van der Waals surface area (Å²) >= 11 is 0. The van der Waals surface area contributed by atoms with E-state index in [-0.39, 0.29) is 6.04 Å². The van der Waals surface area contributed by atoms with Gasteiger partial charge in [-0.3, -0.25) is 0 Å². The van der Waals surface area contributed by atoms with E-state index in [2.05, 4.69) is 22.4 Å². The molecular formula is C13H14FN2. The van der Waals surface area contributed by atoms with Crippen molar-refractivity contribution in [3.8, 4) is 0 Å². The Bertz CT molecular complexity index is 483. The lowest BCUT2D eigenvalue weighted by molar-refractivity contribution is 0.294. The van der Waals surface area contributed by atoms with Gasteiger partial charge in [-0.2, -0.15) is 0 Å². The molecule has 1 aliphatic rings. The van der Waals surface area contributed by atoms with Crippen LogP contribution >= 0.6 is 0 Å². The van der Waals surface area contributed by atoms with Gasteiger partial charge in [-0.05, 0) is 24.5 Å². The number of rotatable bonds is 1. The summed E-state index contributed by atoms with van der Waals surface area (Å²) in [6.07, 6.45) is 3.72. The van der Waals surface area contributed by atoms with Gasteiger partial charge >= 0.3 is 0 Å². The first-order chi connectivity index (χ1) is 7.84. The average molecular weight is 217 g/mol. The zero-order valence-corrected chi connectivity index (χ0v) is 8.91. The van der Waals surface area contributed by atoms with E-state index < -0.39 is 6.17 Å². The van der Waals surface area contributed by atoms with Gasteiger partial charge < -0.3 is 10.3 Å². The highest BCUT2D eigenvalue weighted by Crippen LogP contribution is 2.29. The first-order valence-corrected chi connectivity index (χ1v) is 5.61. The van der Waals surface area contributed by atoms with Crippen molar-refractivity contribution in [3.63, 3.8) is 0 Å². The monoisotopic (exact) mass is 217 g/mol. The molecule has 2 nitrogen and oxygen atoms in total. The van der Waals surface area contributed by atoms with Crippen LogP contribution in [0.15, 0.2) is 30.5 Å². The van der Waals surface area contributed by atoms with E-state index >= 15 is 0 Å². The van der Waals surface area contributed by atoms with E-state index in [0.717, 1.165) is 11.9 Å². The van der Waals surface area contributed by atoms with Crippen molar-refractivity contribution in [2.45, 2.75) is 18.6 Å². The molecule has 1 radical (unpaired) electrons. The molecule has 1 aromatic heterocycles. The molecule has 0 bridgehead atoms. The van der Waals surface area contributed by atoms with E-state index in [0.29, 0.717) is 6.54 Å². The van der Waals surface area contributed by atoms with Crippen molar-refractivity contribution in [2.24, 2.45) is 0 Å². The minimum atomic E-state index is -0.804. The molecule has 1 fully saturated rings. The van der Waals surface area contributed by atoms with Gasteiger partial charge in [0.1, 0.15) is 6.17 Å². The number of hydrogen-bond acceptors (Lipinski definition) is 1. The highest BCUT2D eigenvalue weighted by Gasteiger charge is 2.23. The quantitative estimate of drug-likeness (QED) is 0.755. The summed E-state index contributed by atoms with van der Waals surface area (Å²) in [5.41, 5.74) is 2.38. The number of nitrogens with one attached hydrogen (secondary N) is 2. The number of aromatic amines is 1. The molecule has 1 saturated heterocycles.